The maximum atomic E-state index is 11.4. The van der Waals surface area contributed by atoms with E-state index in [2.05, 4.69) is 0 Å². The molecule has 0 aliphatic heterocycles. The molecule has 0 saturated heterocycles. The largest absolute Gasteiger partial charge is 0.287 e. The van der Waals surface area contributed by atoms with Crippen LogP contribution in [0.15, 0.2) is 0 Å². The van der Waals surface area contributed by atoms with Crippen molar-refractivity contribution in [1.29, 1.82) is 0 Å². The fourth-order valence-corrected chi connectivity index (χ4v) is 1.27. The van der Waals surface area contributed by atoms with Gasteiger partial charge in [0.2, 0.25) is 0 Å². The van der Waals surface area contributed by atoms with Crippen molar-refractivity contribution < 1.29 is 8.39 Å². The predicted molar refractivity (Wildman–Crippen MR) is 48.7 cm³/mol. The first-order valence-electron chi connectivity index (χ1n) is 3.99. The topological polar surface area (TPSA) is 26.3 Å². The average molecular weight is 178 g/mol. The lowest BCUT2D eigenvalue weighted by atomic mass is 10.1. The van der Waals surface area contributed by atoms with Gasteiger partial charge in [0.25, 0.3) is 0 Å². The minimum Gasteiger partial charge on any atom is -0.287 e. The average Bonchev–Trinajstić information content (AvgIpc) is 1.86. The summed E-state index contributed by atoms with van der Waals surface area (Å²) >= 11 is -1.16. The second kappa shape index (κ2) is 4.21. The van der Waals surface area contributed by atoms with Gasteiger partial charge in [-0.3, -0.25) is 4.18 Å². The third-order valence-corrected chi connectivity index (χ3v) is 3.33. The first kappa shape index (κ1) is 11.1. The summed E-state index contributed by atoms with van der Waals surface area (Å²) < 4.78 is 16.4. The molecule has 0 saturated carbocycles. The van der Waals surface area contributed by atoms with Gasteiger partial charge in [-0.15, -0.1) is 0 Å². The highest BCUT2D eigenvalue weighted by molar-refractivity contribution is 7.81. The molecule has 0 fully saturated rings. The Morgan fingerprint density at radius 3 is 2.18 bits per heavy atom. The zero-order chi connectivity index (χ0) is 9.07. The second-order valence-electron chi connectivity index (χ2n) is 3.49. The van der Waals surface area contributed by atoms with Crippen LogP contribution in [0, 0.1) is 0 Å². The van der Waals surface area contributed by atoms with Crippen LogP contribution < -0.4 is 0 Å². The maximum Gasteiger partial charge on any atom is 0.161 e. The fourth-order valence-electron chi connectivity index (χ4n) is 0.423. The molecule has 0 aliphatic carbocycles. The highest BCUT2D eigenvalue weighted by atomic mass is 32.2. The van der Waals surface area contributed by atoms with Crippen molar-refractivity contribution in [3.63, 3.8) is 0 Å². The van der Waals surface area contributed by atoms with Crippen LogP contribution in [-0.4, -0.2) is 15.1 Å². The van der Waals surface area contributed by atoms with Crippen molar-refractivity contribution in [3.8, 4) is 0 Å². The summed E-state index contributed by atoms with van der Waals surface area (Å²) in [6.07, 6.45) is 0.911. The van der Waals surface area contributed by atoms with Crippen LogP contribution in [0.3, 0.4) is 0 Å². The van der Waals surface area contributed by atoms with Gasteiger partial charge in [0.05, 0.1) is 10.9 Å². The molecule has 0 N–H and O–H groups in total. The van der Waals surface area contributed by atoms with Gasteiger partial charge >= 0.3 is 0 Å². The van der Waals surface area contributed by atoms with E-state index in [1.165, 1.54) is 0 Å². The van der Waals surface area contributed by atoms with Gasteiger partial charge in [0, 0.05) is 0 Å². The molecule has 0 aliphatic rings. The Kier molecular flexibility index (Phi) is 4.26. The Balaban J connectivity index is 4.02. The van der Waals surface area contributed by atoms with E-state index in [1.54, 1.807) is 0 Å². The minimum atomic E-state index is -1.16. The molecule has 3 heteroatoms. The summed E-state index contributed by atoms with van der Waals surface area (Å²) in [5.41, 5.74) is 0. The summed E-state index contributed by atoms with van der Waals surface area (Å²) in [5.74, 6) is 0. The van der Waals surface area contributed by atoms with Crippen molar-refractivity contribution in [2.24, 2.45) is 0 Å². The van der Waals surface area contributed by atoms with E-state index < -0.39 is 11.1 Å². The van der Waals surface area contributed by atoms with E-state index in [9.17, 15) is 4.21 Å². The van der Waals surface area contributed by atoms with Crippen molar-refractivity contribution >= 4 is 11.1 Å². The third kappa shape index (κ3) is 3.87. The molecule has 0 radical (unpaired) electrons. The van der Waals surface area contributed by atoms with Gasteiger partial charge in [-0.1, -0.05) is 6.92 Å². The van der Waals surface area contributed by atoms with Gasteiger partial charge in [-0.25, -0.2) is 4.21 Å². The van der Waals surface area contributed by atoms with Crippen molar-refractivity contribution in [2.45, 2.75) is 51.9 Å². The standard InChI is InChI=1S/C8H18O2S/c1-6-8(4,5)11(9)10-7(2)3/h7H,6H2,1-5H3. The van der Waals surface area contributed by atoms with Gasteiger partial charge < -0.3 is 0 Å². The molecule has 2 nitrogen and oxygen atoms in total. The third-order valence-electron chi connectivity index (χ3n) is 1.58. The first-order chi connectivity index (χ1) is 4.90. The molecular formula is C8H18O2S. The summed E-state index contributed by atoms with van der Waals surface area (Å²) in [4.78, 5) is 0. The highest BCUT2D eigenvalue weighted by Crippen LogP contribution is 2.18. The van der Waals surface area contributed by atoms with Crippen LogP contribution in [0.5, 0.6) is 0 Å². The summed E-state index contributed by atoms with van der Waals surface area (Å²) in [6.45, 7) is 9.70. The number of rotatable bonds is 4. The van der Waals surface area contributed by atoms with Gasteiger partial charge in [0.15, 0.2) is 11.1 Å². The van der Waals surface area contributed by atoms with Gasteiger partial charge in [-0.05, 0) is 34.1 Å². The molecule has 68 valence electrons. The number of hydrogen-bond donors (Lipinski definition) is 0. The lowest BCUT2D eigenvalue weighted by Crippen LogP contribution is -2.28. The van der Waals surface area contributed by atoms with Crippen LogP contribution in [-0.2, 0) is 15.3 Å². The molecule has 0 rings (SSSR count). The molecule has 0 spiro atoms. The molecule has 0 heterocycles. The first-order valence-corrected chi connectivity index (χ1v) is 5.06. The molecule has 0 amide bonds. The van der Waals surface area contributed by atoms with E-state index in [0.29, 0.717) is 0 Å². The second-order valence-corrected chi connectivity index (χ2v) is 5.26. The fraction of sp³-hybridized carbons (Fsp3) is 1.00. The number of hydrogen-bond acceptors (Lipinski definition) is 2. The Morgan fingerprint density at radius 1 is 1.45 bits per heavy atom. The molecule has 0 bridgehead atoms. The minimum absolute atomic E-state index is 0.0432. The Bertz CT molecular complexity index is 141. The summed E-state index contributed by atoms with van der Waals surface area (Å²) in [7, 11) is 0. The van der Waals surface area contributed by atoms with E-state index in [4.69, 9.17) is 4.18 Å². The van der Waals surface area contributed by atoms with E-state index >= 15 is 0 Å². The monoisotopic (exact) mass is 178 g/mol. The lowest BCUT2D eigenvalue weighted by molar-refractivity contribution is 0.260. The van der Waals surface area contributed by atoms with E-state index in [-0.39, 0.29) is 10.9 Å². The van der Waals surface area contributed by atoms with Crippen LogP contribution in [0.1, 0.15) is 41.0 Å². The van der Waals surface area contributed by atoms with Crippen LogP contribution in [0.2, 0.25) is 0 Å². The Hall–Kier alpha value is 0.110. The molecule has 0 aromatic heterocycles. The molecule has 1 atom stereocenters. The van der Waals surface area contributed by atoms with E-state index in [1.807, 2.05) is 34.6 Å². The van der Waals surface area contributed by atoms with Crippen molar-refractivity contribution in [1.82, 2.24) is 0 Å². The molecule has 0 aromatic rings. The maximum absolute atomic E-state index is 11.4. The van der Waals surface area contributed by atoms with Crippen LogP contribution in [0.25, 0.3) is 0 Å². The smallest absolute Gasteiger partial charge is 0.161 e. The SMILES string of the molecule is CCC(C)(C)S(=O)OC(C)C. The molecular weight excluding hydrogens is 160 g/mol. The summed E-state index contributed by atoms with van der Waals surface area (Å²) in [5, 5.41) is 0. The molecule has 0 aromatic carbocycles. The summed E-state index contributed by atoms with van der Waals surface area (Å²) in [6, 6.07) is 0. The van der Waals surface area contributed by atoms with Gasteiger partial charge in [-0.2, -0.15) is 0 Å². The van der Waals surface area contributed by atoms with Crippen molar-refractivity contribution in [2.75, 3.05) is 0 Å². The predicted octanol–water partition coefficient (Wildman–Crippen LogP) is 2.26. The Morgan fingerprint density at radius 2 is 1.91 bits per heavy atom. The van der Waals surface area contributed by atoms with Crippen molar-refractivity contribution in [3.05, 3.63) is 0 Å². The normalized spacial score (nSPS) is 15.5. The lowest BCUT2D eigenvalue weighted by Gasteiger charge is -2.21. The van der Waals surface area contributed by atoms with Gasteiger partial charge in [0.1, 0.15) is 0 Å². The Labute approximate surface area is 72.0 Å². The molecule has 11 heavy (non-hydrogen) atoms. The quantitative estimate of drug-likeness (QED) is 0.660. The van der Waals surface area contributed by atoms with Crippen LogP contribution in [0.4, 0.5) is 0 Å². The highest BCUT2D eigenvalue weighted by Gasteiger charge is 2.25. The molecule has 1 unspecified atom stereocenters. The zero-order valence-electron chi connectivity index (χ0n) is 8.01. The zero-order valence-corrected chi connectivity index (χ0v) is 8.83. The van der Waals surface area contributed by atoms with Crippen LogP contribution >= 0.6 is 0 Å². The van der Waals surface area contributed by atoms with E-state index in [0.717, 1.165) is 6.42 Å².